The van der Waals surface area contributed by atoms with E-state index < -0.39 is 15.4 Å². The van der Waals surface area contributed by atoms with E-state index in [9.17, 15) is 8.42 Å². The summed E-state index contributed by atoms with van der Waals surface area (Å²) in [6.07, 6.45) is 1.85. The standard InChI is InChI=1S/C12H25N3O3S/c1-10(2)4-9-19(17,18)15-7-5-12(3,6-8-15)11(13)14-16/h10,16H,4-9H2,1-3H3,(H2,13,14). The summed E-state index contributed by atoms with van der Waals surface area (Å²) in [4.78, 5) is 0. The van der Waals surface area contributed by atoms with Crippen molar-refractivity contribution < 1.29 is 13.6 Å². The monoisotopic (exact) mass is 291 g/mol. The van der Waals surface area contributed by atoms with Crippen molar-refractivity contribution in [1.82, 2.24) is 4.31 Å². The molecule has 0 aliphatic carbocycles. The van der Waals surface area contributed by atoms with Gasteiger partial charge in [-0.25, -0.2) is 12.7 Å². The molecule has 19 heavy (non-hydrogen) atoms. The minimum atomic E-state index is -3.17. The zero-order valence-electron chi connectivity index (χ0n) is 12.0. The largest absolute Gasteiger partial charge is 0.409 e. The van der Waals surface area contributed by atoms with Gasteiger partial charge in [-0.2, -0.15) is 0 Å². The first kappa shape index (κ1) is 16.2. The summed E-state index contributed by atoms with van der Waals surface area (Å²) in [5, 5.41) is 11.8. The predicted octanol–water partition coefficient (Wildman–Crippen LogP) is 1.21. The molecular formula is C12H25N3O3S. The van der Waals surface area contributed by atoms with Crippen molar-refractivity contribution in [2.24, 2.45) is 22.2 Å². The van der Waals surface area contributed by atoms with Crippen molar-refractivity contribution in [3.05, 3.63) is 0 Å². The van der Waals surface area contributed by atoms with Crippen LogP contribution in [0.3, 0.4) is 0 Å². The van der Waals surface area contributed by atoms with E-state index in [0.29, 0.717) is 38.3 Å². The van der Waals surface area contributed by atoms with Crippen molar-refractivity contribution in [2.45, 2.75) is 40.0 Å². The van der Waals surface area contributed by atoms with Crippen molar-refractivity contribution in [2.75, 3.05) is 18.8 Å². The molecule has 1 aliphatic rings. The highest BCUT2D eigenvalue weighted by Crippen LogP contribution is 2.32. The quantitative estimate of drug-likeness (QED) is 0.344. The highest BCUT2D eigenvalue weighted by molar-refractivity contribution is 7.89. The van der Waals surface area contributed by atoms with Crippen molar-refractivity contribution in [1.29, 1.82) is 0 Å². The number of oxime groups is 1. The third-order valence-corrected chi connectivity index (χ3v) is 5.80. The van der Waals surface area contributed by atoms with Gasteiger partial charge in [0.1, 0.15) is 5.84 Å². The minimum Gasteiger partial charge on any atom is -0.409 e. The SMILES string of the molecule is CC(C)CCS(=O)(=O)N1CCC(C)(C(N)=NO)CC1. The molecule has 6 nitrogen and oxygen atoms in total. The fraction of sp³-hybridized carbons (Fsp3) is 0.917. The molecule has 7 heteroatoms. The maximum absolute atomic E-state index is 12.2. The van der Waals surface area contributed by atoms with E-state index in [1.807, 2.05) is 20.8 Å². The van der Waals surface area contributed by atoms with Gasteiger partial charge in [0.25, 0.3) is 0 Å². The third kappa shape index (κ3) is 4.07. The maximum atomic E-state index is 12.2. The molecule has 1 fully saturated rings. The fourth-order valence-corrected chi connectivity index (χ4v) is 3.91. The highest BCUT2D eigenvalue weighted by Gasteiger charge is 2.37. The zero-order chi connectivity index (χ0) is 14.7. The lowest BCUT2D eigenvalue weighted by molar-refractivity contribution is 0.229. The lowest BCUT2D eigenvalue weighted by Gasteiger charge is -2.37. The van der Waals surface area contributed by atoms with Crippen LogP contribution in [0.25, 0.3) is 0 Å². The molecule has 0 unspecified atom stereocenters. The smallest absolute Gasteiger partial charge is 0.214 e. The molecule has 1 heterocycles. The summed E-state index contributed by atoms with van der Waals surface area (Å²) in [5.74, 6) is 0.763. The molecule has 3 N–H and O–H groups in total. The topological polar surface area (TPSA) is 96.0 Å². The summed E-state index contributed by atoms with van der Waals surface area (Å²) in [6.45, 7) is 6.81. The first-order chi connectivity index (χ1) is 8.71. The van der Waals surface area contributed by atoms with Gasteiger partial charge in [-0.05, 0) is 25.2 Å². The summed E-state index contributed by atoms with van der Waals surface area (Å²) >= 11 is 0. The Hall–Kier alpha value is -0.820. The van der Waals surface area contributed by atoms with Crippen LogP contribution < -0.4 is 5.73 Å². The Balaban J connectivity index is 2.63. The molecule has 112 valence electrons. The van der Waals surface area contributed by atoms with Gasteiger partial charge in [-0.15, -0.1) is 0 Å². The molecule has 0 aromatic heterocycles. The van der Waals surface area contributed by atoms with Crippen LogP contribution in [0.15, 0.2) is 5.16 Å². The first-order valence-corrected chi connectivity index (χ1v) is 8.28. The summed E-state index contributed by atoms with van der Waals surface area (Å²) in [7, 11) is -3.17. The Morgan fingerprint density at radius 2 is 1.95 bits per heavy atom. The van der Waals surface area contributed by atoms with Crippen LogP contribution in [0.1, 0.15) is 40.0 Å². The van der Waals surface area contributed by atoms with Gasteiger partial charge in [0, 0.05) is 18.5 Å². The number of nitrogens with two attached hydrogens (primary N) is 1. The average molecular weight is 291 g/mol. The van der Waals surface area contributed by atoms with Gasteiger partial charge >= 0.3 is 0 Å². The second-order valence-electron chi connectivity index (χ2n) is 5.94. The highest BCUT2D eigenvalue weighted by atomic mass is 32.2. The summed E-state index contributed by atoms with van der Waals surface area (Å²) in [6, 6.07) is 0. The molecule has 0 radical (unpaired) electrons. The van der Waals surface area contributed by atoms with E-state index >= 15 is 0 Å². The van der Waals surface area contributed by atoms with E-state index in [1.54, 1.807) is 0 Å². The molecule has 0 aromatic rings. The number of rotatable bonds is 5. The Bertz CT molecular complexity index is 424. The molecule has 0 aromatic carbocycles. The van der Waals surface area contributed by atoms with E-state index in [2.05, 4.69) is 5.16 Å². The fourth-order valence-electron chi connectivity index (χ4n) is 2.15. The van der Waals surface area contributed by atoms with Crippen LogP contribution >= 0.6 is 0 Å². The molecule has 0 spiro atoms. The van der Waals surface area contributed by atoms with Gasteiger partial charge in [0.05, 0.1) is 5.75 Å². The van der Waals surface area contributed by atoms with Crippen molar-refractivity contribution in [3.8, 4) is 0 Å². The molecule has 0 amide bonds. The molecule has 1 aliphatic heterocycles. The van der Waals surface area contributed by atoms with Crippen LogP contribution in [0.5, 0.6) is 0 Å². The van der Waals surface area contributed by atoms with Gasteiger partial charge in [-0.1, -0.05) is 25.9 Å². The number of hydrogen-bond donors (Lipinski definition) is 2. The molecule has 1 rings (SSSR count). The summed E-state index contributed by atoms with van der Waals surface area (Å²) in [5.41, 5.74) is 5.26. The van der Waals surface area contributed by atoms with Gasteiger partial charge < -0.3 is 10.9 Å². The Morgan fingerprint density at radius 3 is 2.37 bits per heavy atom. The average Bonchev–Trinajstić information content (AvgIpc) is 2.36. The molecule has 0 atom stereocenters. The van der Waals surface area contributed by atoms with Gasteiger partial charge in [0.15, 0.2) is 0 Å². The predicted molar refractivity (Wildman–Crippen MR) is 75.6 cm³/mol. The normalized spacial score (nSPS) is 21.8. The molecule has 0 saturated carbocycles. The number of amidine groups is 1. The number of piperidine rings is 1. The van der Waals surface area contributed by atoms with Crippen LogP contribution in [-0.2, 0) is 10.0 Å². The lowest BCUT2D eigenvalue weighted by Crippen LogP contribution is -2.47. The Labute approximate surface area is 115 Å². The second kappa shape index (κ2) is 6.09. The van der Waals surface area contributed by atoms with Crippen LogP contribution in [0.4, 0.5) is 0 Å². The number of sulfonamides is 1. The molecular weight excluding hydrogens is 266 g/mol. The number of nitrogens with zero attached hydrogens (tertiary/aromatic N) is 2. The third-order valence-electron chi connectivity index (χ3n) is 3.90. The zero-order valence-corrected chi connectivity index (χ0v) is 12.8. The lowest BCUT2D eigenvalue weighted by atomic mass is 9.80. The minimum absolute atomic E-state index is 0.187. The molecule has 1 saturated heterocycles. The maximum Gasteiger partial charge on any atom is 0.214 e. The van der Waals surface area contributed by atoms with Crippen LogP contribution in [0.2, 0.25) is 0 Å². The summed E-state index contributed by atoms with van der Waals surface area (Å²) < 4.78 is 25.8. The van der Waals surface area contributed by atoms with Crippen molar-refractivity contribution in [3.63, 3.8) is 0 Å². The van der Waals surface area contributed by atoms with Gasteiger partial charge in [-0.3, -0.25) is 0 Å². The van der Waals surface area contributed by atoms with E-state index in [1.165, 1.54) is 4.31 Å². The van der Waals surface area contributed by atoms with Crippen LogP contribution in [-0.4, -0.2) is 42.6 Å². The van der Waals surface area contributed by atoms with E-state index in [0.717, 1.165) is 0 Å². The number of hydrogen-bond acceptors (Lipinski definition) is 4. The Morgan fingerprint density at radius 1 is 1.42 bits per heavy atom. The first-order valence-electron chi connectivity index (χ1n) is 6.67. The van der Waals surface area contributed by atoms with E-state index in [4.69, 9.17) is 10.9 Å². The van der Waals surface area contributed by atoms with E-state index in [-0.39, 0.29) is 11.6 Å². The van der Waals surface area contributed by atoms with Gasteiger partial charge in [0.2, 0.25) is 10.0 Å². The van der Waals surface area contributed by atoms with Crippen molar-refractivity contribution >= 4 is 15.9 Å². The second-order valence-corrected chi connectivity index (χ2v) is 8.03. The molecule has 0 bridgehead atoms. The van der Waals surface area contributed by atoms with Crippen LogP contribution in [0, 0.1) is 11.3 Å². The Kier molecular flexibility index (Phi) is 5.20.